The molecule has 2 heterocycles. The fraction of sp³-hybridized carbons (Fsp3) is 0.208. The largest absolute Gasteiger partial charge is 0.494 e. The second-order valence-corrected chi connectivity index (χ2v) is 8.36. The molecule has 7 nitrogen and oxygen atoms in total. The van der Waals surface area contributed by atoms with Crippen molar-refractivity contribution < 1.29 is 23.1 Å². The average molecular weight is 468 g/mol. The van der Waals surface area contributed by atoms with Crippen molar-refractivity contribution in [2.24, 2.45) is 4.99 Å². The fourth-order valence-electron chi connectivity index (χ4n) is 3.24. The number of thioether (sulfide) groups is 1. The van der Waals surface area contributed by atoms with Crippen molar-refractivity contribution in [3.8, 4) is 5.75 Å². The summed E-state index contributed by atoms with van der Waals surface area (Å²) in [5, 5.41) is 2.55. The number of amidine groups is 1. The number of benzene rings is 2. The van der Waals surface area contributed by atoms with Crippen LogP contribution in [0, 0.1) is 5.82 Å². The lowest BCUT2D eigenvalue weighted by atomic mass is 10.2. The Morgan fingerprint density at radius 3 is 2.61 bits per heavy atom. The number of hydrogen-bond acceptors (Lipinski definition) is 6. The molecule has 1 atom stereocenters. The topological polar surface area (TPSA) is 84.1 Å². The highest BCUT2D eigenvalue weighted by Gasteiger charge is 2.39. The zero-order valence-corrected chi connectivity index (χ0v) is 18.7. The van der Waals surface area contributed by atoms with Gasteiger partial charge in [-0.25, -0.2) is 9.38 Å². The second kappa shape index (κ2) is 10.4. The molecule has 33 heavy (non-hydrogen) atoms. The number of halogens is 1. The first-order valence-electron chi connectivity index (χ1n) is 10.4. The highest BCUT2D eigenvalue weighted by atomic mass is 32.2. The van der Waals surface area contributed by atoms with Crippen molar-refractivity contribution in [1.82, 2.24) is 4.90 Å². The van der Waals surface area contributed by atoms with E-state index in [0.717, 1.165) is 5.75 Å². The Kier molecular flexibility index (Phi) is 7.09. The summed E-state index contributed by atoms with van der Waals surface area (Å²) in [7, 11) is 0. The van der Waals surface area contributed by atoms with Gasteiger partial charge in [-0.2, -0.15) is 0 Å². The standard InChI is InChI=1S/C24H22FN3O4S/c1-2-31-19-11-9-18(10-12-19)27-24-28(15-20-4-3-13-32-20)23(30)21(33-24)14-22(29)26-17-7-5-16(25)6-8-17/h3-13,21H,2,14-15H2,1H3,(H,26,29). The van der Waals surface area contributed by atoms with Crippen LogP contribution < -0.4 is 10.1 Å². The summed E-state index contributed by atoms with van der Waals surface area (Å²) < 4.78 is 24.0. The number of nitrogens with zero attached hydrogens (tertiary/aromatic N) is 2. The van der Waals surface area contributed by atoms with Gasteiger partial charge < -0.3 is 14.5 Å². The summed E-state index contributed by atoms with van der Waals surface area (Å²) in [6, 6.07) is 16.2. The molecule has 1 saturated heterocycles. The number of anilines is 1. The molecule has 1 N–H and O–H groups in total. The lowest BCUT2D eigenvalue weighted by Gasteiger charge is -2.15. The fourth-order valence-corrected chi connectivity index (χ4v) is 4.39. The molecule has 0 radical (unpaired) electrons. The molecule has 170 valence electrons. The quantitative estimate of drug-likeness (QED) is 0.505. The molecular formula is C24H22FN3O4S. The van der Waals surface area contributed by atoms with E-state index in [1.165, 1.54) is 40.9 Å². The summed E-state index contributed by atoms with van der Waals surface area (Å²) in [5.41, 5.74) is 1.13. The van der Waals surface area contributed by atoms with E-state index < -0.39 is 11.1 Å². The first kappa shape index (κ1) is 22.6. The van der Waals surface area contributed by atoms with Crippen LogP contribution in [0.5, 0.6) is 5.75 Å². The van der Waals surface area contributed by atoms with Crippen LogP contribution in [0.4, 0.5) is 15.8 Å². The van der Waals surface area contributed by atoms with E-state index in [4.69, 9.17) is 9.15 Å². The van der Waals surface area contributed by atoms with Crippen LogP contribution in [0.1, 0.15) is 19.1 Å². The van der Waals surface area contributed by atoms with Crippen molar-refractivity contribution in [3.63, 3.8) is 0 Å². The molecule has 4 rings (SSSR count). The van der Waals surface area contributed by atoms with E-state index in [9.17, 15) is 14.0 Å². The highest BCUT2D eigenvalue weighted by Crippen LogP contribution is 2.33. The van der Waals surface area contributed by atoms with Gasteiger partial charge in [-0.15, -0.1) is 0 Å². The van der Waals surface area contributed by atoms with Gasteiger partial charge >= 0.3 is 0 Å². The number of carbonyl (C=O) groups excluding carboxylic acids is 2. The van der Waals surface area contributed by atoms with Crippen LogP contribution in [0.15, 0.2) is 76.3 Å². The van der Waals surface area contributed by atoms with Gasteiger partial charge in [-0.05, 0) is 67.6 Å². The van der Waals surface area contributed by atoms with Gasteiger partial charge in [-0.1, -0.05) is 11.8 Å². The van der Waals surface area contributed by atoms with E-state index >= 15 is 0 Å². The minimum absolute atomic E-state index is 0.0438. The molecule has 9 heteroatoms. The Bertz CT molecular complexity index is 1130. The third-order valence-electron chi connectivity index (χ3n) is 4.79. The molecule has 1 aliphatic heterocycles. The van der Waals surface area contributed by atoms with Crippen LogP contribution in [0.2, 0.25) is 0 Å². The van der Waals surface area contributed by atoms with Crippen molar-refractivity contribution in [3.05, 3.63) is 78.5 Å². The predicted octanol–water partition coefficient (Wildman–Crippen LogP) is 4.98. The second-order valence-electron chi connectivity index (χ2n) is 7.19. The number of furan rings is 1. The third-order valence-corrected chi connectivity index (χ3v) is 5.96. The summed E-state index contributed by atoms with van der Waals surface area (Å²) in [4.78, 5) is 31.8. The first-order valence-corrected chi connectivity index (χ1v) is 11.3. The molecule has 0 spiro atoms. The van der Waals surface area contributed by atoms with E-state index in [2.05, 4.69) is 10.3 Å². The molecule has 1 aromatic heterocycles. The number of amides is 2. The van der Waals surface area contributed by atoms with Gasteiger partial charge in [0, 0.05) is 12.1 Å². The maximum Gasteiger partial charge on any atom is 0.243 e. The van der Waals surface area contributed by atoms with Crippen molar-refractivity contribution in [1.29, 1.82) is 0 Å². The predicted molar refractivity (Wildman–Crippen MR) is 125 cm³/mol. The van der Waals surface area contributed by atoms with Crippen LogP contribution in [-0.2, 0) is 16.1 Å². The maximum absolute atomic E-state index is 13.1. The smallest absolute Gasteiger partial charge is 0.243 e. The van der Waals surface area contributed by atoms with Gasteiger partial charge in [0.1, 0.15) is 22.6 Å². The molecule has 2 aromatic carbocycles. The number of hydrogen-bond donors (Lipinski definition) is 1. The average Bonchev–Trinajstić information content (AvgIpc) is 3.41. The first-order chi connectivity index (χ1) is 16.0. The van der Waals surface area contributed by atoms with Gasteiger partial charge in [0.05, 0.1) is 25.1 Å². The zero-order valence-electron chi connectivity index (χ0n) is 17.9. The summed E-state index contributed by atoms with van der Waals surface area (Å²) in [6.45, 7) is 2.69. The SMILES string of the molecule is CCOc1ccc(N=C2SC(CC(=O)Nc3ccc(F)cc3)C(=O)N2Cc2ccco2)cc1. The number of nitrogens with one attached hydrogen (secondary N) is 1. The Labute approximate surface area is 194 Å². The lowest BCUT2D eigenvalue weighted by Crippen LogP contribution is -2.33. The van der Waals surface area contributed by atoms with Crippen LogP contribution >= 0.6 is 11.8 Å². The Hall–Kier alpha value is -3.59. The molecule has 3 aromatic rings. The van der Waals surface area contributed by atoms with Crippen LogP contribution in [0.3, 0.4) is 0 Å². The summed E-state index contributed by atoms with van der Waals surface area (Å²) >= 11 is 1.23. The van der Waals surface area contributed by atoms with Crippen LogP contribution in [-0.4, -0.2) is 33.7 Å². The Morgan fingerprint density at radius 2 is 1.94 bits per heavy atom. The number of ether oxygens (including phenoxy) is 1. The van der Waals surface area contributed by atoms with Gasteiger partial charge in [0.2, 0.25) is 11.8 Å². The van der Waals surface area contributed by atoms with Crippen molar-refractivity contribution in [2.75, 3.05) is 11.9 Å². The molecular weight excluding hydrogens is 445 g/mol. The molecule has 1 aliphatic rings. The molecule has 1 unspecified atom stereocenters. The molecule has 0 aliphatic carbocycles. The van der Waals surface area contributed by atoms with Gasteiger partial charge in [0.15, 0.2) is 5.17 Å². The molecule has 1 fully saturated rings. The van der Waals surface area contributed by atoms with E-state index in [0.29, 0.717) is 28.9 Å². The Balaban J connectivity index is 1.51. The lowest BCUT2D eigenvalue weighted by molar-refractivity contribution is -0.128. The number of aliphatic imine (C=N–C) groups is 1. The molecule has 0 saturated carbocycles. The Morgan fingerprint density at radius 1 is 1.18 bits per heavy atom. The molecule has 2 amide bonds. The maximum atomic E-state index is 13.1. The van der Waals surface area contributed by atoms with Gasteiger partial charge in [0.25, 0.3) is 0 Å². The number of rotatable bonds is 8. The van der Waals surface area contributed by atoms with E-state index in [1.54, 1.807) is 18.4 Å². The highest BCUT2D eigenvalue weighted by molar-refractivity contribution is 8.15. The van der Waals surface area contributed by atoms with Crippen LogP contribution in [0.25, 0.3) is 0 Å². The zero-order chi connectivity index (χ0) is 23.2. The number of carbonyl (C=O) groups is 2. The van der Waals surface area contributed by atoms with Gasteiger partial charge in [-0.3, -0.25) is 14.5 Å². The summed E-state index contributed by atoms with van der Waals surface area (Å²) in [6.07, 6.45) is 1.50. The normalized spacial score (nSPS) is 16.9. The van der Waals surface area contributed by atoms with Crippen molar-refractivity contribution >= 4 is 40.1 Å². The van der Waals surface area contributed by atoms with E-state index in [-0.39, 0.29) is 24.8 Å². The van der Waals surface area contributed by atoms with Crippen molar-refractivity contribution in [2.45, 2.75) is 25.1 Å². The minimum Gasteiger partial charge on any atom is -0.494 e. The van der Waals surface area contributed by atoms with E-state index in [1.807, 2.05) is 31.2 Å². The summed E-state index contributed by atoms with van der Waals surface area (Å²) in [5.74, 6) is 0.389. The monoisotopic (exact) mass is 467 g/mol. The minimum atomic E-state index is -0.637. The molecule has 0 bridgehead atoms. The third kappa shape index (κ3) is 5.81.